The van der Waals surface area contributed by atoms with Crippen molar-refractivity contribution in [1.82, 2.24) is 4.57 Å². The van der Waals surface area contributed by atoms with Gasteiger partial charge in [-0.3, -0.25) is 0 Å². The lowest BCUT2D eigenvalue weighted by Gasteiger charge is -2.14. The number of nitrogens with two attached hydrogens (primary N) is 1. The Morgan fingerprint density at radius 1 is 1.14 bits per heavy atom. The van der Waals surface area contributed by atoms with Crippen LogP contribution in [0.15, 0.2) is 60.8 Å². The van der Waals surface area contributed by atoms with Gasteiger partial charge in [-0.1, -0.05) is 30.3 Å². The lowest BCUT2D eigenvalue weighted by atomic mass is 9.99. The van der Waals surface area contributed by atoms with E-state index in [9.17, 15) is 4.79 Å². The molecule has 0 spiro atoms. The summed E-state index contributed by atoms with van der Waals surface area (Å²) in [5.41, 5.74) is 10.2. The molecule has 0 aliphatic heterocycles. The second-order valence-corrected chi connectivity index (χ2v) is 6.71. The summed E-state index contributed by atoms with van der Waals surface area (Å²) in [6.45, 7) is 4.82. The zero-order valence-electron chi connectivity index (χ0n) is 16.5. The standard InChI is InChI=1S/C23H26N2O3/c1-4-25-11-10-21(19-12-18(16(2)24)13-20(14-19)27-3)22(25)23(26)28-15-17-8-6-5-7-9-17/h5-14,16H,4,15,24H2,1-3H3/t16-/m1/s1. The van der Waals surface area contributed by atoms with Crippen LogP contribution in [0.4, 0.5) is 0 Å². The van der Waals surface area contributed by atoms with Gasteiger partial charge in [0.2, 0.25) is 0 Å². The Kier molecular flexibility index (Phi) is 6.16. The van der Waals surface area contributed by atoms with E-state index in [0.717, 1.165) is 22.3 Å². The van der Waals surface area contributed by atoms with Gasteiger partial charge in [-0.2, -0.15) is 0 Å². The fourth-order valence-corrected chi connectivity index (χ4v) is 3.15. The van der Waals surface area contributed by atoms with Crippen molar-refractivity contribution < 1.29 is 14.3 Å². The van der Waals surface area contributed by atoms with Gasteiger partial charge in [0.1, 0.15) is 18.1 Å². The third-order valence-corrected chi connectivity index (χ3v) is 4.71. The molecule has 0 saturated heterocycles. The fraction of sp³-hybridized carbons (Fsp3) is 0.261. The highest BCUT2D eigenvalue weighted by Crippen LogP contribution is 2.32. The summed E-state index contributed by atoms with van der Waals surface area (Å²) in [4.78, 5) is 12.9. The molecule has 3 aromatic rings. The molecule has 2 aromatic carbocycles. The van der Waals surface area contributed by atoms with Crippen LogP contribution in [0.2, 0.25) is 0 Å². The summed E-state index contributed by atoms with van der Waals surface area (Å²) in [5, 5.41) is 0. The van der Waals surface area contributed by atoms with Crippen LogP contribution >= 0.6 is 0 Å². The number of nitrogens with zero attached hydrogens (tertiary/aromatic N) is 1. The van der Waals surface area contributed by atoms with E-state index >= 15 is 0 Å². The molecule has 0 saturated carbocycles. The van der Waals surface area contributed by atoms with Gasteiger partial charge in [0, 0.05) is 24.3 Å². The molecule has 3 rings (SSSR count). The first-order valence-electron chi connectivity index (χ1n) is 9.38. The number of rotatable bonds is 7. The molecule has 28 heavy (non-hydrogen) atoms. The van der Waals surface area contributed by atoms with Gasteiger partial charge >= 0.3 is 5.97 Å². The molecule has 1 aromatic heterocycles. The maximum Gasteiger partial charge on any atom is 0.355 e. The van der Waals surface area contributed by atoms with Crippen molar-refractivity contribution in [3.63, 3.8) is 0 Å². The molecule has 5 nitrogen and oxygen atoms in total. The van der Waals surface area contributed by atoms with Crippen LogP contribution in [0, 0.1) is 0 Å². The largest absolute Gasteiger partial charge is 0.497 e. The second-order valence-electron chi connectivity index (χ2n) is 6.71. The quantitative estimate of drug-likeness (QED) is 0.612. The molecule has 146 valence electrons. The molecular weight excluding hydrogens is 352 g/mol. The van der Waals surface area contributed by atoms with Crippen molar-refractivity contribution in [2.45, 2.75) is 33.0 Å². The summed E-state index contributed by atoms with van der Waals surface area (Å²) in [6, 6.07) is 17.3. The summed E-state index contributed by atoms with van der Waals surface area (Å²) < 4.78 is 12.9. The lowest BCUT2D eigenvalue weighted by Crippen LogP contribution is -2.13. The third-order valence-electron chi connectivity index (χ3n) is 4.71. The molecule has 0 fully saturated rings. The van der Waals surface area contributed by atoms with E-state index < -0.39 is 0 Å². The van der Waals surface area contributed by atoms with E-state index in [4.69, 9.17) is 15.2 Å². The van der Waals surface area contributed by atoms with Gasteiger partial charge in [-0.05, 0) is 54.8 Å². The Balaban J connectivity index is 1.96. The van der Waals surface area contributed by atoms with Crippen LogP contribution in [-0.2, 0) is 17.9 Å². The Hall–Kier alpha value is -3.05. The molecule has 5 heteroatoms. The van der Waals surface area contributed by atoms with Crippen molar-refractivity contribution in [2.24, 2.45) is 5.73 Å². The Morgan fingerprint density at radius 2 is 1.89 bits per heavy atom. The summed E-state index contributed by atoms with van der Waals surface area (Å²) >= 11 is 0. The minimum absolute atomic E-state index is 0.143. The number of carbonyl (C=O) groups excluding carboxylic acids is 1. The Bertz CT molecular complexity index is 946. The second kappa shape index (κ2) is 8.76. The molecule has 0 bridgehead atoms. The normalized spacial score (nSPS) is 11.9. The monoisotopic (exact) mass is 378 g/mol. The molecular formula is C23H26N2O3. The van der Waals surface area contributed by atoms with E-state index in [0.29, 0.717) is 18.0 Å². The van der Waals surface area contributed by atoms with Crippen LogP contribution in [-0.4, -0.2) is 17.6 Å². The highest BCUT2D eigenvalue weighted by molar-refractivity contribution is 5.96. The van der Waals surface area contributed by atoms with E-state index in [1.165, 1.54) is 0 Å². The average Bonchev–Trinajstić information content (AvgIpc) is 3.16. The zero-order chi connectivity index (χ0) is 20.1. The van der Waals surface area contributed by atoms with Gasteiger partial charge in [-0.25, -0.2) is 4.79 Å². The SMILES string of the molecule is CCn1ccc(-c2cc(OC)cc([C@@H](C)N)c2)c1C(=O)OCc1ccccc1. The number of hydrogen-bond acceptors (Lipinski definition) is 4. The predicted molar refractivity (Wildman–Crippen MR) is 110 cm³/mol. The molecule has 1 atom stereocenters. The van der Waals surface area contributed by atoms with Crippen molar-refractivity contribution in [1.29, 1.82) is 0 Å². The van der Waals surface area contributed by atoms with Crippen LogP contribution in [0.1, 0.15) is 41.5 Å². The van der Waals surface area contributed by atoms with E-state index in [-0.39, 0.29) is 18.6 Å². The number of aromatic nitrogens is 1. The van der Waals surface area contributed by atoms with Crippen molar-refractivity contribution >= 4 is 5.97 Å². The topological polar surface area (TPSA) is 66.5 Å². The maximum atomic E-state index is 12.9. The third kappa shape index (κ3) is 4.26. The molecule has 2 N–H and O–H groups in total. The number of carbonyl (C=O) groups is 1. The highest BCUT2D eigenvalue weighted by Gasteiger charge is 2.20. The molecule has 0 aliphatic rings. The number of esters is 1. The molecule has 1 heterocycles. The highest BCUT2D eigenvalue weighted by atomic mass is 16.5. The first-order valence-corrected chi connectivity index (χ1v) is 9.38. The van der Waals surface area contributed by atoms with Crippen molar-refractivity contribution in [3.05, 3.63) is 77.6 Å². The van der Waals surface area contributed by atoms with E-state index in [1.54, 1.807) is 7.11 Å². The first-order chi connectivity index (χ1) is 13.5. The Morgan fingerprint density at radius 3 is 2.54 bits per heavy atom. The predicted octanol–water partition coefficient (Wildman–Crippen LogP) is 4.56. The zero-order valence-corrected chi connectivity index (χ0v) is 16.5. The van der Waals surface area contributed by atoms with E-state index in [1.807, 2.05) is 79.2 Å². The molecule has 0 radical (unpaired) electrons. The van der Waals surface area contributed by atoms with Gasteiger partial charge in [0.25, 0.3) is 0 Å². The van der Waals surface area contributed by atoms with Crippen molar-refractivity contribution in [3.8, 4) is 16.9 Å². The maximum absolute atomic E-state index is 12.9. The van der Waals surface area contributed by atoms with Gasteiger partial charge < -0.3 is 19.8 Å². The minimum Gasteiger partial charge on any atom is -0.497 e. The smallest absolute Gasteiger partial charge is 0.355 e. The number of aryl methyl sites for hydroxylation is 1. The van der Waals surface area contributed by atoms with Gasteiger partial charge in [-0.15, -0.1) is 0 Å². The van der Waals surface area contributed by atoms with Crippen LogP contribution < -0.4 is 10.5 Å². The number of ether oxygens (including phenoxy) is 2. The van der Waals surface area contributed by atoms with Crippen LogP contribution in [0.3, 0.4) is 0 Å². The fourth-order valence-electron chi connectivity index (χ4n) is 3.15. The van der Waals surface area contributed by atoms with E-state index in [2.05, 4.69) is 0 Å². The molecule has 0 amide bonds. The van der Waals surface area contributed by atoms with Crippen molar-refractivity contribution in [2.75, 3.05) is 7.11 Å². The van der Waals surface area contributed by atoms with Gasteiger partial charge in [0.15, 0.2) is 0 Å². The number of benzene rings is 2. The number of methoxy groups -OCH3 is 1. The van der Waals surface area contributed by atoms with Gasteiger partial charge in [0.05, 0.1) is 7.11 Å². The Labute approximate surface area is 165 Å². The molecule has 0 aliphatic carbocycles. The average molecular weight is 378 g/mol. The summed E-state index contributed by atoms with van der Waals surface area (Å²) in [6.07, 6.45) is 1.90. The minimum atomic E-state index is -0.351. The molecule has 0 unspecified atom stereocenters. The summed E-state index contributed by atoms with van der Waals surface area (Å²) in [7, 11) is 1.62. The van der Waals surface area contributed by atoms with Crippen LogP contribution in [0.25, 0.3) is 11.1 Å². The van der Waals surface area contributed by atoms with Crippen LogP contribution in [0.5, 0.6) is 5.75 Å². The summed E-state index contributed by atoms with van der Waals surface area (Å²) in [5.74, 6) is 0.355. The first kappa shape index (κ1) is 19.7. The lowest BCUT2D eigenvalue weighted by molar-refractivity contribution is 0.0461. The number of hydrogen-bond donors (Lipinski definition) is 1.